The van der Waals surface area contributed by atoms with Crippen LogP contribution >= 0.6 is 0 Å². The molecular weight excluding hydrogens is 515 g/mol. The largest absolute Gasteiger partial charge is 0.460 e. The maximum absolute atomic E-state index is 14.5. The van der Waals surface area contributed by atoms with E-state index in [1.54, 1.807) is 0 Å². The summed E-state index contributed by atoms with van der Waals surface area (Å²) in [5.41, 5.74) is -0.393. The Balaban J connectivity index is 2.55. The van der Waals surface area contributed by atoms with Crippen molar-refractivity contribution < 1.29 is 62.2 Å². The van der Waals surface area contributed by atoms with Crippen LogP contribution in [0.25, 0.3) is 11.1 Å². The molecule has 0 aliphatic heterocycles. The van der Waals surface area contributed by atoms with Gasteiger partial charge in [0.1, 0.15) is 0 Å². The number of aliphatic hydroxyl groups is 1. The molecule has 0 fully saturated rings. The van der Waals surface area contributed by atoms with Crippen LogP contribution in [0.5, 0.6) is 0 Å². The zero-order chi connectivity index (χ0) is 27.3. The third kappa shape index (κ3) is 4.33. The highest BCUT2D eigenvalue weighted by Crippen LogP contribution is 2.62. The summed E-state index contributed by atoms with van der Waals surface area (Å²) in [5, 5.41) is 10.3. The molecule has 196 valence electrons. The van der Waals surface area contributed by atoms with Gasteiger partial charge in [-0.3, -0.25) is 0 Å². The van der Waals surface area contributed by atoms with Gasteiger partial charge in [-0.1, -0.05) is 61.5 Å². The van der Waals surface area contributed by atoms with Gasteiger partial charge in [0.05, 0.1) is 12.0 Å². The Kier molecular flexibility index (Phi) is 7.27. The molecule has 2 atom stereocenters. The standard InChI is InChI=1S/C21H15F13O/c1-11(15(35)14-10-6-5-9-13(14)12-7-3-2-4-8-12)16(22,23)17(24,25)18(26,27)19(28,29)20(30,31)21(32,33)34/h2-11,15,35H,1H3. The topological polar surface area (TPSA) is 20.2 Å². The maximum Gasteiger partial charge on any atom is 0.460 e. The van der Waals surface area contributed by atoms with Gasteiger partial charge in [-0.2, -0.15) is 57.1 Å². The van der Waals surface area contributed by atoms with E-state index in [1.807, 2.05) is 0 Å². The first kappa shape index (κ1) is 28.7. The summed E-state index contributed by atoms with van der Waals surface area (Å²) in [4.78, 5) is 0. The second-order valence-corrected chi connectivity index (χ2v) is 7.61. The van der Waals surface area contributed by atoms with E-state index in [2.05, 4.69) is 0 Å². The van der Waals surface area contributed by atoms with Crippen molar-refractivity contribution in [2.45, 2.75) is 48.8 Å². The van der Waals surface area contributed by atoms with Gasteiger partial charge in [0.15, 0.2) is 0 Å². The highest BCUT2D eigenvalue weighted by Gasteiger charge is 2.91. The number of halogens is 13. The Labute approximate surface area is 189 Å². The van der Waals surface area contributed by atoms with E-state index < -0.39 is 53.4 Å². The lowest BCUT2D eigenvalue weighted by Gasteiger charge is -2.42. The number of hydrogen-bond acceptors (Lipinski definition) is 1. The highest BCUT2D eigenvalue weighted by molar-refractivity contribution is 5.67. The fraction of sp³-hybridized carbons (Fsp3) is 0.429. The van der Waals surface area contributed by atoms with Crippen molar-refractivity contribution in [3.05, 3.63) is 60.2 Å². The molecule has 2 aromatic rings. The molecule has 0 bridgehead atoms. The summed E-state index contributed by atoms with van der Waals surface area (Å²) < 4.78 is 175. The number of alkyl halides is 13. The average Bonchev–Trinajstić information content (AvgIpc) is 2.77. The fourth-order valence-electron chi connectivity index (χ4n) is 3.17. The molecule has 2 rings (SSSR count). The molecule has 0 aliphatic rings. The van der Waals surface area contributed by atoms with Gasteiger partial charge in [0, 0.05) is 0 Å². The summed E-state index contributed by atoms with van der Waals surface area (Å²) >= 11 is 0. The monoisotopic (exact) mass is 530 g/mol. The number of hydrogen-bond donors (Lipinski definition) is 1. The van der Waals surface area contributed by atoms with E-state index in [0.29, 0.717) is 0 Å². The number of benzene rings is 2. The van der Waals surface area contributed by atoms with Crippen molar-refractivity contribution in [1.82, 2.24) is 0 Å². The first-order chi connectivity index (χ1) is 15.7. The molecule has 0 saturated heterocycles. The van der Waals surface area contributed by atoms with Crippen LogP contribution in [0.2, 0.25) is 0 Å². The summed E-state index contributed by atoms with van der Waals surface area (Å²) in [6.45, 7) is 0.0243. The molecule has 1 nitrogen and oxygen atoms in total. The molecule has 0 saturated carbocycles. The minimum absolute atomic E-state index is 0.0243. The van der Waals surface area contributed by atoms with Crippen molar-refractivity contribution >= 4 is 0 Å². The summed E-state index contributed by atoms with van der Waals surface area (Å²) in [6.07, 6.45) is -10.3. The summed E-state index contributed by atoms with van der Waals surface area (Å²) in [5.74, 6) is -41.0. The van der Waals surface area contributed by atoms with E-state index in [4.69, 9.17) is 0 Å². The van der Waals surface area contributed by atoms with E-state index >= 15 is 0 Å². The molecule has 2 aromatic carbocycles. The van der Waals surface area contributed by atoms with Crippen LogP contribution in [-0.2, 0) is 0 Å². The fourth-order valence-corrected chi connectivity index (χ4v) is 3.17. The minimum Gasteiger partial charge on any atom is -0.388 e. The highest BCUT2D eigenvalue weighted by atomic mass is 19.4. The van der Waals surface area contributed by atoms with Crippen molar-refractivity contribution in [1.29, 1.82) is 0 Å². The third-order valence-electron chi connectivity index (χ3n) is 5.37. The Morgan fingerprint density at radius 3 is 1.49 bits per heavy atom. The Hall–Kier alpha value is -2.51. The lowest BCUT2D eigenvalue weighted by molar-refractivity contribution is -0.444. The van der Waals surface area contributed by atoms with Gasteiger partial charge in [0.25, 0.3) is 0 Å². The normalized spacial score (nSPS) is 16.2. The molecule has 0 spiro atoms. The van der Waals surface area contributed by atoms with Crippen molar-refractivity contribution in [3.8, 4) is 11.1 Å². The van der Waals surface area contributed by atoms with Crippen LogP contribution in [0, 0.1) is 5.92 Å². The lowest BCUT2D eigenvalue weighted by Crippen LogP contribution is -2.71. The van der Waals surface area contributed by atoms with Crippen molar-refractivity contribution in [2.75, 3.05) is 0 Å². The molecule has 35 heavy (non-hydrogen) atoms. The van der Waals surface area contributed by atoms with Gasteiger partial charge >= 0.3 is 35.8 Å². The van der Waals surface area contributed by atoms with Gasteiger partial charge in [-0.05, 0) is 16.7 Å². The van der Waals surface area contributed by atoms with Gasteiger partial charge < -0.3 is 5.11 Å². The third-order valence-corrected chi connectivity index (χ3v) is 5.37. The van der Waals surface area contributed by atoms with Gasteiger partial charge in [-0.25, -0.2) is 0 Å². The van der Waals surface area contributed by atoms with Crippen LogP contribution < -0.4 is 0 Å². The molecule has 1 N–H and O–H groups in total. The molecule has 14 heteroatoms. The maximum atomic E-state index is 14.5. The molecule has 0 heterocycles. The molecule has 0 amide bonds. The van der Waals surface area contributed by atoms with Crippen LogP contribution in [0.15, 0.2) is 54.6 Å². The summed E-state index contributed by atoms with van der Waals surface area (Å²) in [7, 11) is 0. The Morgan fingerprint density at radius 2 is 1.00 bits per heavy atom. The van der Waals surface area contributed by atoms with Crippen LogP contribution in [-0.4, -0.2) is 40.9 Å². The molecule has 0 aliphatic carbocycles. The first-order valence-corrected chi connectivity index (χ1v) is 9.44. The smallest absolute Gasteiger partial charge is 0.388 e. The zero-order valence-electron chi connectivity index (χ0n) is 17.2. The van der Waals surface area contributed by atoms with Crippen LogP contribution in [0.1, 0.15) is 18.6 Å². The summed E-state index contributed by atoms with van der Waals surface area (Å²) in [6, 6.07) is 11.8. The van der Waals surface area contributed by atoms with Gasteiger partial charge in [0.2, 0.25) is 0 Å². The van der Waals surface area contributed by atoms with Crippen LogP contribution in [0.3, 0.4) is 0 Å². The molecule has 0 radical (unpaired) electrons. The van der Waals surface area contributed by atoms with Crippen LogP contribution in [0.4, 0.5) is 57.1 Å². The average molecular weight is 530 g/mol. The SMILES string of the molecule is CC(C(O)c1ccccc1-c1ccccc1)C(F)(F)C(F)(F)C(F)(F)C(F)(F)C(F)(F)C(F)(F)F. The quantitative estimate of drug-likeness (QED) is 0.346. The van der Waals surface area contributed by atoms with E-state index in [0.717, 1.165) is 12.1 Å². The van der Waals surface area contributed by atoms with Crippen molar-refractivity contribution in [2.24, 2.45) is 5.92 Å². The molecule has 0 aromatic heterocycles. The zero-order valence-corrected chi connectivity index (χ0v) is 17.2. The van der Waals surface area contributed by atoms with E-state index in [1.165, 1.54) is 42.5 Å². The Morgan fingerprint density at radius 1 is 0.571 bits per heavy atom. The predicted molar refractivity (Wildman–Crippen MR) is 96.8 cm³/mol. The second-order valence-electron chi connectivity index (χ2n) is 7.61. The Bertz CT molecular complexity index is 1020. The number of rotatable bonds is 8. The second kappa shape index (κ2) is 8.86. The van der Waals surface area contributed by atoms with E-state index in [-0.39, 0.29) is 18.1 Å². The van der Waals surface area contributed by atoms with Crippen molar-refractivity contribution in [3.63, 3.8) is 0 Å². The minimum atomic E-state index is -7.99. The van der Waals surface area contributed by atoms with E-state index in [9.17, 15) is 62.2 Å². The molecule has 2 unspecified atom stereocenters. The lowest BCUT2D eigenvalue weighted by atomic mass is 9.82. The van der Waals surface area contributed by atoms with Gasteiger partial charge in [-0.15, -0.1) is 0 Å². The predicted octanol–water partition coefficient (Wildman–Crippen LogP) is 7.76. The first-order valence-electron chi connectivity index (χ1n) is 9.44. The number of aliphatic hydroxyl groups excluding tert-OH is 1. The molecular formula is C21H15F13O.